The van der Waals surface area contributed by atoms with Gasteiger partial charge in [0.15, 0.2) is 11.6 Å². The van der Waals surface area contributed by atoms with Gasteiger partial charge >= 0.3 is 0 Å². The molecule has 0 aromatic heterocycles. The largest absolute Gasteiger partial charge is 0.396 e. The fourth-order valence-corrected chi connectivity index (χ4v) is 2.80. The molecule has 0 aliphatic carbocycles. The van der Waals surface area contributed by atoms with Crippen LogP contribution in [0.25, 0.3) is 0 Å². The molecule has 0 atom stereocenters. The molecule has 0 saturated carbocycles. The Bertz CT molecular complexity index is 915. The normalized spacial score (nSPS) is 10.5. The Labute approximate surface area is 160 Å². The van der Waals surface area contributed by atoms with E-state index in [9.17, 15) is 9.59 Å². The molecule has 4 nitrogen and oxygen atoms in total. The van der Waals surface area contributed by atoms with Crippen molar-refractivity contribution in [3.63, 3.8) is 0 Å². The fraction of sp³-hybridized carbons (Fsp3) is 0. The van der Waals surface area contributed by atoms with E-state index in [1.807, 2.05) is 0 Å². The molecule has 4 N–H and O–H groups in total. The molecular formula is C20H14Cl2N2O2. The van der Waals surface area contributed by atoms with Gasteiger partial charge in [-0.2, -0.15) is 0 Å². The second kappa shape index (κ2) is 7.20. The first-order chi connectivity index (χ1) is 12.4. The highest BCUT2D eigenvalue weighted by molar-refractivity contribution is 6.31. The molecule has 0 bridgehead atoms. The number of benzene rings is 3. The molecule has 6 heteroatoms. The summed E-state index contributed by atoms with van der Waals surface area (Å²) in [5, 5.41) is 1.05. The van der Waals surface area contributed by atoms with Gasteiger partial charge in [-0.05, 0) is 60.7 Å². The van der Waals surface area contributed by atoms with E-state index in [2.05, 4.69) is 0 Å². The van der Waals surface area contributed by atoms with E-state index >= 15 is 0 Å². The van der Waals surface area contributed by atoms with Crippen LogP contribution < -0.4 is 11.5 Å². The maximum Gasteiger partial charge on any atom is 0.195 e. The zero-order valence-corrected chi connectivity index (χ0v) is 15.0. The lowest BCUT2D eigenvalue weighted by molar-refractivity contribution is 0.102. The summed E-state index contributed by atoms with van der Waals surface area (Å²) in [5.41, 5.74) is 13.6. The molecule has 130 valence electrons. The Balaban J connectivity index is 1.98. The molecule has 3 aromatic carbocycles. The van der Waals surface area contributed by atoms with Gasteiger partial charge in [-0.15, -0.1) is 0 Å². The van der Waals surface area contributed by atoms with Crippen LogP contribution in [0.4, 0.5) is 11.4 Å². The molecule has 0 saturated heterocycles. The zero-order valence-electron chi connectivity index (χ0n) is 13.5. The van der Waals surface area contributed by atoms with E-state index in [1.54, 1.807) is 48.5 Å². The van der Waals surface area contributed by atoms with Crippen LogP contribution in [-0.4, -0.2) is 11.6 Å². The first-order valence-electron chi connectivity index (χ1n) is 7.67. The number of carbonyl (C=O) groups is 2. The highest BCUT2D eigenvalue weighted by atomic mass is 35.5. The van der Waals surface area contributed by atoms with Crippen molar-refractivity contribution in [1.29, 1.82) is 0 Å². The van der Waals surface area contributed by atoms with Gasteiger partial charge in [0, 0.05) is 32.3 Å². The van der Waals surface area contributed by atoms with Crippen molar-refractivity contribution in [3.05, 3.63) is 93.0 Å². The number of rotatable bonds is 4. The molecule has 0 amide bonds. The number of halogens is 2. The Morgan fingerprint density at radius 2 is 0.885 bits per heavy atom. The third kappa shape index (κ3) is 3.43. The molecule has 0 heterocycles. The topological polar surface area (TPSA) is 86.2 Å². The van der Waals surface area contributed by atoms with Crippen molar-refractivity contribution in [1.82, 2.24) is 0 Å². The maximum atomic E-state index is 12.6. The summed E-state index contributed by atoms with van der Waals surface area (Å²) in [5.74, 6) is -0.590. The molecule has 0 unspecified atom stereocenters. The molecule has 0 aliphatic rings. The summed E-state index contributed by atoms with van der Waals surface area (Å²) in [4.78, 5) is 25.3. The van der Waals surface area contributed by atoms with Gasteiger partial charge in [0.05, 0.1) is 11.4 Å². The second-order valence-electron chi connectivity index (χ2n) is 5.66. The number of anilines is 2. The van der Waals surface area contributed by atoms with Crippen LogP contribution in [-0.2, 0) is 0 Å². The first kappa shape index (κ1) is 18.0. The van der Waals surface area contributed by atoms with Crippen LogP contribution in [0.15, 0.2) is 60.7 Å². The Morgan fingerprint density at radius 3 is 1.19 bits per heavy atom. The third-order valence-corrected chi connectivity index (χ3v) is 4.49. The number of hydrogen-bond acceptors (Lipinski definition) is 4. The summed E-state index contributed by atoms with van der Waals surface area (Å²) in [6, 6.07) is 15.9. The van der Waals surface area contributed by atoms with Gasteiger partial charge in [-0.25, -0.2) is 0 Å². The van der Waals surface area contributed by atoms with Crippen LogP contribution in [0, 0.1) is 0 Å². The van der Waals surface area contributed by atoms with E-state index < -0.39 is 0 Å². The summed E-state index contributed by atoms with van der Waals surface area (Å²) in [7, 11) is 0. The number of carbonyl (C=O) groups excluding carboxylic acids is 2. The molecule has 0 aliphatic heterocycles. The highest BCUT2D eigenvalue weighted by Crippen LogP contribution is 2.29. The van der Waals surface area contributed by atoms with Crippen molar-refractivity contribution < 1.29 is 9.59 Å². The highest BCUT2D eigenvalue weighted by Gasteiger charge is 2.20. The van der Waals surface area contributed by atoms with Gasteiger partial charge in [0.25, 0.3) is 0 Å². The molecule has 0 fully saturated rings. The van der Waals surface area contributed by atoms with Crippen LogP contribution >= 0.6 is 23.2 Å². The maximum absolute atomic E-state index is 12.6. The van der Waals surface area contributed by atoms with Crippen LogP contribution in [0.2, 0.25) is 10.0 Å². The first-order valence-corrected chi connectivity index (χ1v) is 8.42. The van der Waals surface area contributed by atoms with Crippen LogP contribution in [0.1, 0.15) is 31.8 Å². The number of nitrogen functional groups attached to an aromatic ring is 2. The number of hydrogen-bond donors (Lipinski definition) is 2. The van der Waals surface area contributed by atoms with Gasteiger partial charge in [-0.3, -0.25) is 9.59 Å². The Kier molecular flexibility index (Phi) is 4.98. The summed E-state index contributed by atoms with van der Waals surface area (Å²) in [6.07, 6.45) is 0. The summed E-state index contributed by atoms with van der Waals surface area (Å²) >= 11 is 11.7. The van der Waals surface area contributed by atoms with Crippen molar-refractivity contribution in [2.45, 2.75) is 0 Å². The van der Waals surface area contributed by atoms with Crippen molar-refractivity contribution in [3.8, 4) is 0 Å². The van der Waals surface area contributed by atoms with E-state index in [4.69, 9.17) is 34.7 Å². The Morgan fingerprint density at radius 1 is 0.577 bits per heavy atom. The van der Waals surface area contributed by atoms with Crippen LogP contribution in [0.5, 0.6) is 0 Å². The van der Waals surface area contributed by atoms with Gasteiger partial charge in [0.2, 0.25) is 0 Å². The number of ketones is 2. The van der Waals surface area contributed by atoms with Crippen molar-refractivity contribution >= 4 is 46.1 Å². The molecular weight excluding hydrogens is 371 g/mol. The smallest absolute Gasteiger partial charge is 0.195 e. The van der Waals surface area contributed by atoms with Crippen molar-refractivity contribution in [2.24, 2.45) is 0 Å². The van der Waals surface area contributed by atoms with E-state index in [0.29, 0.717) is 21.2 Å². The lowest BCUT2D eigenvalue weighted by Gasteiger charge is -2.12. The second-order valence-corrected chi connectivity index (χ2v) is 6.53. The predicted molar refractivity (Wildman–Crippen MR) is 105 cm³/mol. The minimum atomic E-state index is -0.295. The van der Waals surface area contributed by atoms with Gasteiger partial charge in [-0.1, -0.05) is 23.2 Å². The molecule has 0 radical (unpaired) electrons. The molecule has 3 aromatic rings. The number of nitrogens with two attached hydrogens (primary N) is 2. The lowest BCUT2D eigenvalue weighted by atomic mass is 9.95. The summed E-state index contributed by atoms with van der Waals surface area (Å²) in [6.45, 7) is 0. The third-order valence-electron chi connectivity index (χ3n) is 3.99. The van der Waals surface area contributed by atoms with E-state index in [-0.39, 0.29) is 34.1 Å². The fourth-order valence-electron chi connectivity index (χ4n) is 2.55. The van der Waals surface area contributed by atoms with Crippen molar-refractivity contribution in [2.75, 3.05) is 11.5 Å². The minimum Gasteiger partial charge on any atom is -0.396 e. The molecule has 26 heavy (non-hydrogen) atoms. The quantitative estimate of drug-likeness (QED) is 0.507. The minimum absolute atomic E-state index is 0.0739. The Hall–Kier alpha value is -2.82. The predicted octanol–water partition coefficient (Wildman–Crippen LogP) is 4.62. The van der Waals surface area contributed by atoms with E-state index in [0.717, 1.165) is 0 Å². The average molecular weight is 385 g/mol. The van der Waals surface area contributed by atoms with Gasteiger partial charge in [0.1, 0.15) is 0 Å². The standard InChI is InChI=1S/C20H14Cl2N2O2/c21-13-5-1-11(2-6-13)19(25)15-9-10-16(18(24)17(15)23)20(26)12-3-7-14(22)8-4-12/h1-10H,23-24H2. The average Bonchev–Trinajstić information content (AvgIpc) is 2.64. The SMILES string of the molecule is Nc1c(C(=O)c2ccc(Cl)cc2)ccc(C(=O)c2ccc(Cl)cc2)c1N. The lowest BCUT2D eigenvalue weighted by Crippen LogP contribution is -2.12. The zero-order chi connectivity index (χ0) is 18.8. The molecule has 3 rings (SSSR count). The monoisotopic (exact) mass is 384 g/mol. The molecule has 0 spiro atoms. The summed E-state index contributed by atoms with van der Waals surface area (Å²) < 4.78 is 0. The van der Waals surface area contributed by atoms with Crippen LogP contribution in [0.3, 0.4) is 0 Å². The van der Waals surface area contributed by atoms with Gasteiger partial charge < -0.3 is 11.5 Å². The van der Waals surface area contributed by atoms with E-state index in [1.165, 1.54) is 12.1 Å².